The van der Waals surface area contributed by atoms with E-state index in [4.69, 9.17) is 21.4 Å². The van der Waals surface area contributed by atoms with Gasteiger partial charge in [0.05, 0.1) is 12.5 Å². The van der Waals surface area contributed by atoms with E-state index in [0.717, 1.165) is 29.7 Å². The SMILES string of the molecule is COc1ccc(C(Cl)CCCO)c(C)c1. The molecular formula is C12H17ClO2. The summed E-state index contributed by atoms with van der Waals surface area (Å²) in [4.78, 5) is 0. The number of alkyl halides is 1. The fraction of sp³-hybridized carbons (Fsp3) is 0.500. The molecule has 0 bridgehead atoms. The highest BCUT2D eigenvalue weighted by atomic mass is 35.5. The predicted molar refractivity (Wildman–Crippen MR) is 62.6 cm³/mol. The van der Waals surface area contributed by atoms with Gasteiger partial charge in [-0.25, -0.2) is 0 Å². The molecule has 1 atom stereocenters. The van der Waals surface area contributed by atoms with E-state index in [2.05, 4.69) is 0 Å². The van der Waals surface area contributed by atoms with Gasteiger partial charge in [0.1, 0.15) is 5.75 Å². The van der Waals surface area contributed by atoms with Gasteiger partial charge in [0.15, 0.2) is 0 Å². The Labute approximate surface area is 95.8 Å². The van der Waals surface area contributed by atoms with Crippen molar-refractivity contribution in [3.63, 3.8) is 0 Å². The molecule has 1 aromatic rings. The van der Waals surface area contributed by atoms with Crippen molar-refractivity contribution in [3.8, 4) is 5.75 Å². The van der Waals surface area contributed by atoms with E-state index in [1.165, 1.54) is 0 Å². The van der Waals surface area contributed by atoms with Gasteiger partial charge >= 0.3 is 0 Å². The molecule has 1 N–H and O–H groups in total. The van der Waals surface area contributed by atoms with Crippen LogP contribution in [0.15, 0.2) is 18.2 Å². The third-order valence-corrected chi connectivity index (χ3v) is 2.88. The van der Waals surface area contributed by atoms with Crippen molar-refractivity contribution in [3.05, 3.63) is 29.3 Å². The highest BCUT2D eigenvalue weighted by Crippen LogP contribution is 2.30. The van der Waals surface area contributed by atoms with Crippen molar-refractivity contribution in [1.82, 2.24) is 0 Å². The second kappa shape index (κ2) is 5.99. The first-order chi connectivity index (χ1) is 7.19. The van der Waals surface area contributed by atoms with Gasteiger partial charge in [0, 0.05) is 6.61 Å². The van der Waals surface area contributed by atoms with Gasteiger partial charge < -0.3 is 9.84 Å². The molecule has 0 aliphatic heterocycles. The lowest BCUT2D eigenvalue weighted by Gasteiger charge is -2.13. The maximum Gasteiger partial charge on any atom is 0.119 e. The lowest BCUT2D eigenvalue weighted by molar-refractivity contribution is 0.284. The van der Waals surface area contributed by atoms with E-state index in [0.29, 0.717) is 0 Å². The van der Waals surface area contributed by atoms with Crippen LogP contribution in [0.25, 0.3) is 0 Å². The normalized spacial score (nSPS) is 12.5. The number of benzene rings is 1. The molecule has 15 heavy (non-hydrogen) atoms. The van der Waals surface area contributed by atoms with Crippen LogP contribution in [0.4, 0.5) is 0 Å². The quantitative estimate of drug-likeness (QED) is 0.785. The van der Waals surface area contributed by atoms with Gasteiger partial charge in [0.25, 0.3) is 0 Å². The zero-order chi connectivity index (χ0) is 11.3. The van der Waals surface area contributed by atoms with Crippen LogP contribution in [0.5, 0.6) is 5.75 Å². The van der Waals surface area contributed by atoms with Crippen LogP contribution in [-0.2, 0) is 0 Å². The molecule has 0 saturated heterocycles. The van der Waals surface area contributed by atoms with E-state index in [9.17, 15) is 0 Å². The van der Waals surface area contributed by atoms with Gasteiger partial charge in [-0.3, -0.25) is 0 Å². The summed E-state index contributed by atoms with van der Waals surface area (Å²) in [6.07, 6.45) is 1.53. The number of halogens is 1. The number of ether oxygens (including phenoxy) is 1. The van der Waals surface area contributed by atoms with Crippen molar-refractivity contribution >= 4 is 11.6 Å². The average Bonchev–Trinajstić information content (AvgIpc) is 2.25. The molecule has 0 heterocycles. The van der Waals surface area contributed by atoms with E-state index in [1.54, 1.807) is 7.11 Å². The van der Waals surface area contributed by atoms with Gasteiger partial charge in [-0.1, -0.05) is 6.07 Å². The van der Waals surface area contributed by atoms with Crippen LogP contribution in [0.3, 0.4) is 0 Å². The first kappa shape index (κ1) is 12.3. The number of aryl methyl sites for hydroxylation is 1. The minimum absolute atomic E-state index is 0.0249. The van der Waals surface area contributed by atoms with Crippen LogP contribution in [-0.4, -0.2) is 18.8 Å². The number of rotatable bonds is 5. The summed E-state index contributed by atoms with van der Waals surface area (Å²) in [5.41, 5.74) is 2.25. The van der Waals surface area contributed by atoms with Gasteiger partial charge in [-0.05, 0) is 43.0 Å². The van der Waals surface area contributed by atoms with Crippen LogP contribution in [0.1, 0.15) is 29.3 Å². The number of aliphatic hydroxyl groups is 1. The summed E-state index contributed by atoms with van der Waals surface area (Å²) in [5.74, 6) is 0.849. The molecule has 0 aliphatic carbocycles. The van der Waals surface area contributed by atoms with E-state index >= 15 is 0 Å². The molecule has 2 nitrogen and oxygen atoms in total. The largest absolute Gasteiger partial charge is 0.497 e. The zero-order valence-electron chi connectivity index (χ0n) is 9.16. The second-order valence-corrected chi connectivity index (χ2v) is 4.08. The standard InChI is InChI=1S/C12H17ClO2/c1-9-8-10(15-2)5-6-11(9)12(13)4-3-7-14/h5-6,8,12,14H,3-4,7H2,1-2H3. The molecule has 0 aliphatic rings. The lowest BCUT2D eigenvalue weighted by Crippen LogP contribution is -1.96. The molecule has 0 spiro atoms. The minimum Gasteiger partial charge on any atom is -0.497 e. The third-order valence-electron chi connectivity index (χ3n) is 2.43. The summed E-state index contributed by atoms with van der Waals surface area (Å²) < 4.78 is 5.13. The van der Waals surface area contributed by atoms with Crippen molar-refractivity contribution in [2.45, 2.75) is 25.1 Å². The molecule has 1 aromatic carbocycles. The first-order valence-corrected chi connectivity index (χ1v) is 5.52. The molecule has 1 unspecified atom stereocenters. The summed E-state index contributed by atoms with van der Waals surface area (Å²) in [6, 6.07) is 5.88. The Hall–Kier alpha value is -0.730. The average molecular weight is 229 g/mol. The van der Waals surface area contributed by atoms with Crippen LogP contribution < -0.4 is 4.74 Å². The van der Waals surface area contributed by atoms with Gasteiger partial charge in [-0.2, -0.15) is 0 Å². The van der Waals surface area contributed by atoms with Crippen LogP contribution in [0.2, 0.25) is 0 Å². The van der Waals surface area contributed by atoms with Crippen LogP contribution >= 0.6 is 11.6 Å². The number of hydrogen-bond donors (Lipinski definition) is 1. The van der Waals surface area contributed by atoms with Crippen molar-refractivity contribution in [2.75, 3.05) is 13.7 Å². The molecule has 0 aromatic heterocycles. The Kier molecular flexibility index (Phi) is 4.92. The fourth-order valence-electron chi connectivity index (χ4n) is 1.55. The van der Waals surface area contributed by atoms with Crippen molar-refractivity contribution in [2.24, 2.45) is 0 Å². The molecule has 3 heteroatoms. The molecule has 0 amide bonds. The molecule has 0 radical (unpaired) electrons. The summed E-state index contributed by atoms with van der Waals surface area (Å²) in [6.45, 7) is 2.21. The third kappa shape index (κ3) is 3.40. The van der Waals surface area contributed by atoms with Crippen LogP contribution in [0, 0.1) is 6.92 Å². The fourth-order valence-corrected chi connectivity index (χ4v) is 1.95. The second-order valence-electron chi connectivity index (χ2n) is 3.56. The van der Waals surface area contributed by atoms with Gasteiger partial charge in [-0.15, -0.1) is 11.6 Å². The topological polar surface area (TPSA) is 29.5 Å². The summed E-state index contributed by atoms with van der Waals surface area (Å²) >= 11 is 6.23. The Morgan fingerprint density at radius 2 is 2.20 bits per heavy atom. The Balaban J connectivity index is 2.76. The summed E-state index contributed by atoms with van der Waals surface area (Å²) in [7, 11) is 1.65. The number of hydrogen-bond acceptors (Lipinski definition) is 2. The first-order valence-electron chi connectivity index (χ1n) is 5.08. The number of methoxy groups -OCH3 is 1. The lowest BCUT2D eigenvalue weighted by atomic mass is 10.0. The Morgan fingerprint density at radius 1 is 1.47 bits per heavy atom. The van der Waals surface area contributed by atoms with E-state index in [-0.39, 0.29) is 12.0 Å². The van der Waals surface area contributed by atoms with Crippen molar-refractivity contribution in [1.29, 1.82) is 0 Å². The summed E-state index contributed by atoms with van der Waals surface area (Å²) in [5, 5.41) is 8.71. The molecule has 1 rings (SSSR count). The highest BCUT2D eigenvalue weighted by molar-refractivity contribution is 6.20. The maximum absolute atomic E-state index is 8.73. The highest BCUT2D eigenvalue weighted by Gasteiger charge is 2.10. The molecule has 0 fully saturated rings. The van der Waals surface area contributed by atoms with Crippen molar-refractivity contribution < 1.29 is 9.84 Å². The maximum atomic E-state index is 8.73. The number of aliphatic hydroxyl groups excluding tert-OH is 1. The predicted octanol–water partition coefficient (Wildman–Crippen LogP) is 3.06. The van der Waals surface area contributed by atoms with Gasteiger partial charge in [0.2, 0.25) is 0 Å². The monoisotopic (exact) mass is 228 g/mol. The smallest absolute Gasteiger partial charge is 0.119 e. The molecular weight excluding hydrogens is 212 g/mol. The Bertz CT molecular complexity index is 312. The molecule has 84 valence electrons. The molecule has 0 saturated carbocycles. The minimum atomic E-state index is -0.0249. The zero-order valence-corrected chi connectivity index (χ0v) is 9.92. The van der Waals surface area contributed by atoms with E-state index in [1.807, 2.05) is 25.1 Å². The van der Waals surface area contributed by atoms with E-state index < -0.39 is 0 Å². The Morgan fingerprint density at radius 3 is 2.73 bits per heavy atom.